The van der Waals surface area contributed by atoms with Gasteiger partial charge in [-0.25, -0.2) is 18.6 Å². The largest absolute Gasteiger partial charge is 0.443 e. The highest BCUT2D eigenvalue weighted by Gasteiger charge is 2.27. The molecule has 0 fully saturated rings. The molecule has 8 heteroatoms. The quantitative estimate of drug-likeness (QED) is 0.745. The van der Waals surface area contributed by atoms with Crippen molar-refractivity contribution in [3.63, 3.8) is 0 Å². The number of rotatable bonds is 4. The number of hydrazine groups is 1. The van der Waals surface area contributed by atoms with E-state index in [1.807, 2.05) is 10.9 Å². The maximum Gasteiger partial charge on any atom is 0.426 e. The first kappa shape index (κ1) is 17.7. The van der Waals surface area contributed by atoms with Crippen molar-refractivity contribution in [2.45, 2.75) is 51.9 Å². The van der Waals surface area contributed by atoms with Crippen LogP contribution in [0.3, 0.4) is 0 Å². The van der Waals surface area contributed by atoms with E-state index in [4.69, 9.17) is 4.74 Å². The molecular weight excluding hydrogens is 272 g/mol. The Morgan fingerprint density at radius 2 is 1.74 bits per heavy atom. The minimum atomic E-state index is -3.50. The third-order valence-corrected chi connectivity index (χ3v) is 4.35. The van der Waals surface area contributed by atoms with E-state index in [1.54, 1.807) is 27.7 Å². The topological polar surface area (TPSA) is 102 Å². The van der Waals surface area contributed by atoms with Crippen LogP contribution in [-0.4, -0.2) is 37.0 Å². The molecule has 0 aliphatic heterocycles. The molecule has 2 N–H and O–H groups in total. The van der Waals surface area contributed by atoms with E-state index in [2.05, 4.69) is 0 Å². The molecule has 112 valence electrons. The van der Waals surface area contributed by atoms with E-state index in [1.165, 1.54) is 6.92 Å². The van der Waals surface area contributed by atoms with Crippen molar-refractivity contribution in [3.8, 4) is 0 Å². The molecule has 0 rings (SSSR count). The number of amides is 2. The Morgan fingerprint density at radius 1 is 1.21 bits per heavy atom. The number of hydrogen-bond donors (Lipinski definition) is 2. The lowest BCUT2D eigenvalue weighted by Gasteiger charge is -2.20. The molecule has 0 aliphatic carbocycles. The third-order valence-electron chi connectivity index (χ3n) is 2.08. The summed E-state index contributed by atoms with van der Waals surface area (Å²) in [6.45, 7) is 7.99. The molecule has 0 aromatic heterocycles. The van der Waals surface area contributed by atoms with Gasteiger partial charge in [0.2, 0.25) is 0 Å². The molecule has 1 atom stereocenters. The lowest BCUT2D eigenvalue weighted by Crippen LogP contribution is -2.49. The molecule has 7 nitrogen and oxygen atoms in total. The van der Waals surface area contributed by atoms with Crippen molar-refractivity contribution in [2.75, 3.05) is 5.75 Å². The van der Waals surface area contributed by atoms with Gasteiger partial charge in [-0.3, -0.25) is 10.2 Å². The second-order valence-electron chi connectivity index (χ2n) is 5.13. The fourth-order valence-electron chi connectivity index (χ4n) is 1.14. The van der Waals surface area contributed by atoms with E-state index >= 15 is 0 Å². The normalized spacial score (nSPS) is 13.5. The van der Waals surface area contributed by atoms with Crippen LogP contribution in [0, 0.1) is 0 Å². The summed E-state index contributed by atoms with van der Waals surface area (Å²) in [6.07, 6.45) is -0.416. The van der Waals surface area contributed by atoms with Gasteiger partial charge >= 0.3 is 6.09 Å². The van der Waals surface area contributed by atoms with E-state index in [9.17, 15) is 18.0 Å². The van der Waals surface area contributed by atoms with Crippen molar-refractivity contribution in [2.24, 2.45) is 0 Å². The van der Waals surface area contributed by atoms with Gasteiger partial charge in [0.25, 0.3) is 5.91 Å². The first-order valence-electron chi connectivity index (χ1n) is 6.00. The van der Waals surface area contributed by atoms with Crippen molar-refractivity contribution in [1.29, 1.82) is 0 Å². The second-order valence-corrected chi connectivity index (χ2v) is 7.57. The molecular formula is C11H22N2O5S. The molecule has 0 aromatic carbocycles. The first-order valence-corrected chi connectivity index (χ1v) is 7.71. The van der Waals surface area contributed by atoms with Crippen LogP contribution in [-0.2, 0) is 19.4 Å². The molecule has 0 spiro atoms. The molecule has 0 bridgehead atoms. The van der Waals surface area contributed by atoms with Gasteiger partial charge in [0.05, 0.1) is 5.75 Å². The maximum absolute atomic E-state index is 11.6. The number of nitrogens with one attached hydrogen (secondary N) is 2. The molecule has 19 heavy (non-hydrogen) atoms. The van der Waals surface area contributed by atoms with Crippen LogP contribution in [0.5, 0.6) is 0 Å². The summed E-state index contributed by atoms with van der Waals surface area (Å²) in [7, 11) is -3.50. The average molecular weight is 294 g/mol. The number of carbonyl (C=O) groups excluding carboxylic acids is 2. The summed E-state index contributed by atoms with van der Waals surface area (Å²) in [5.74, 6) is -0.868. The Labute approximate surface area is 114 Å². The fourth-order valence-corrected chi connectivity index (χ4v) is 2.45. The predicted molar refractivity (Wildman–Crippen MR) is 71.1 cm³/mol. The van der Waals surface area contributed by atoms with Crippen LogP contribution in [0.15, 0.2) is 0 Å². The summed E-state index contributed by atoms with van der Waals surface area (Å²) in [5, 5.41) is -1.22. The van der Waals surface area contributed by atoms with Gasteiger partial charge in [0.15, 0.2) is 9.84 Å². The standard InChI is InChI=1S/C11H22N2O5S/c1-6-7-19(16,17)8(2)9(14)12-13-10(15)18-11(3,4)5/h8H,6-7H2,1-5H3,(H,12,14)(H,13,15). The van der Waals surface area contributed by atoms with E-state index in [0.717, 1.165) is 0 Å². The maximum atomic E-state index is 11.6. The number of carbonyl (C=O) groups is 2. The number of sulfone groups is 1. The zero-order chi connectivity index (χ0) is 15.3. The minimum Gasteiger partial charge on any atom is -0.443 e. The van der Waals surface area contributed by atoms with Crippen molar-refractivity contribution in [3.05, 3.63) is 0 Å². The summed E-state index contributed by atoms with van der Waals surface area (Å²) >= 11 is 0. The predicted octanol–water partition coefficient (Wildman–Crippen LogP) is 0.756. The lowest BCUT2D eigenvalue weighted by atomic mass is 10.2. The SMILES string of the molecule is CCCS(=O)(=O)C(C)C(=O)NNC(=O)OC(C)(C)C. The van der Waals surface area contributed by atoms with Crippen LogP contribution < -0.4 is 10.9 Å². The van der Waals surface area contributed by atoms with Crippen LogP contribution in [0.25, 0.3) is 0 Å². The molecule has 0 aliphatic rings. The van der Waals surface area contributed by atoms with E-state index in [-0.39, 0.29) is 5.75 Å². The highest BCUT2D eigenvalue weighted by molar-refractivity contribution is 7.92. The van der Waals surface area contributed by atoms with Crippen LogP contribution >= 0.6 is 0 Å². The monoisotopic (exact) mass is 294 g/mol. The summed E-state index contributed by atoms with van der Waals surface area (Å²) in [4.78, 5) is 22.8. The molecule has 0 saturated heterocycles. The average Bonchev–Trinajstić information content (AvgIpc) is 2.22. The van der Waals surface area contributed by atoms with Gasteiger partial charge in [-0.15, -0.1) is 0 Å². The van der Waals surface area contributed by atoms with E-state index < -0.39 is 32.7 Å². The van der Waals surface area contributed by atoms with Crippen LogP contribution in [0.1, 0.15) is 41.0 Å². The van der Waals surface area contributed by atoms with Crippen LogP contribution in [0.2, 0.25) is 0 Å². The third kappa shape index (κ3) is 7.00. The van der Waals surface area contributed by atoms with Gasteiger partial charge in [-0.1, -0.05) is 6.92 Å². The summed E-state index contributed by atoms with van der Waals surface area (Å²) < 4.78 is 28.2. The first-order chi connectivity index (χ1) is 8.49. The fraction of sp³-hybridized carbons (Fsp3) is 0.818. The molecule has 2 amide bonds. The minimum absolute atomic E-state index is 0.0754. The van der Waals surface area contributed by atoms with E-state index in [0.29, 0.717) is 6.42 Å². The zero-order valence-electron chi connectivity index (χ0n) is 11.9. The summed E-state index contributed by atoms with van der Waals surface area (Å²) in [5.41, 5.74) is 3.34. The second kappa shape index (κ2) is 6.74. The lowest BCUT2D eigenvalue weighted by molar-refractivity contribution is -0.121. The Morgan fingerprint density at radius 3 is 2.16 bits per heavy atom. The smallest absolute Gasteiger partial charge is 0.426 e. The Kier molecular flexibility index (Phi) is 6.28. The van der Waals surface area contributed by atoms with Gasteiger partial charge in [-0.2, -0.15) is 0 Å². The van der Waals surface area contributed by atoms with Crippen molar-refractivity contribution in [1.82, 2.24) is 10.9 Å². The van der Waals surface area contributed by atoms with Crippen molar-refractivity contribution >= 4 is 21.8 Å². The van der Waals surface area contributed by atoms with Gasteiger partial charge in [0, 0.05) is 0 Å². The number of hydrogen-bond acceptors (Lipinski definition) is 5. The van der Waals surface area contributed by atoms with Gasteiger partial charge in [0.1, 0.15) is 10.9 Å². The molecule has 0 aromatic rings. The van der Waals surface area contributed by atoms with Gasteiger partial charge < -0.3 is 4.74 Å². The van der Waals surface area contributed by atoms with Crippen LogP contribution in [0.4, 0.5) is 4.79 Å². The zero-order valence-corrected chi connectivity index (χ0v) is 12.8. The molecule has 1 unspecified atom stereocenters. The Balaban J connectivity index is 4.37. The highest BCUT2D eigenvalue weighted by atomic mass is 32.2. The number of ether oxygens (including phenoxy) is 1. The van der Waals surface area contributed by atoms with Gasteiger partial charge in [-0.05, 0) is 34.1 Å². The molecule has 0 radical (unpaired) electrons. The Bertz CT molecular complexity index is 425. The molecule has 0 saturated carbocycles. The Hall–Kier alpha value is -1.31. The summed E-state index contributed by atoms with van der Waals surface area (Å²) in [6, 6.07) is 0. The van der Waals surface area contributed by atoms with Crippen molar-refractivity contribution < 1.29 is 22.7 Å². The molecule has 0 heterocycles. The highest BCUT2D eigenvalue weighted by Crippen LogP contribution is 2.06.